The van der Waals surface area contributed by atoms with Gasteiger partial charge in [-0.3, -0.25) is 14.7 Å². The minimum absolute atomic E-state index is 0. The van der Waals surface area contributed by atoms with Gasteiger partial charge in [0.1, 0.15) is 17.2 Å². The van der Waals surface area contributed by atoms with Crippen LogP contribution in [0.15, 0.2) is 36.4 Å². The summed E-state index contributed by atoms with van der Waals surface area (Å²) < 4.78 is 0. The SMILES string of the molecule is Cc1cc(CN2CCCC2)c(O)c(C(C)(C)C)c1.Cc1cc(CN2CCCC2)c(O)c(C(C)(C)C)c1.Cc1cc(CN2CCCC2)c(O)c(C(C)(C)C)c1.[La]. The Bertz CT molecular complexity index is 1480. The Morgan fingerprint density at radius 3 is 0.782 bits per heavy atom. The van der Waals surface area contributed by atoms with Gasteiger partial charge in [0.25, 0.3) is 0 Å². The second kappa shape index (κ2) is 20.2. The topological polar surface area (TPSA) is 70.4 Å². The Balaban J connectivity index is 0.000000220. The number of benzene rings is 3. The van der Waals surface area contributed by atoms with E-state index in [0.29, 0.717) is 17.2 Å². The van der Waals surface area contributed by atoms with Crippen molar-refractivity contribution < 1.29 is 50.9 Å². The summed E-state index contributed by atoms with van der Waals surface area (Å²) in [4.78, 5) is 7.29. The first-order valence-corrected chi connectivity index (χ1v) is 20.8. The number of likely N-dealkylation sites (tertiary alicyclic amines) is 3. The van der Waals surface area contributed by atoms with E-state index in [-0.39, 0.29) is 51.8 Å². The molecule has 3 heterocycles. The molecule has 7 heteroatoms. The van der Waals surface area contributed by atoms with Crippen LogP contribution in [0.5, 0.6) is 17.2 Å². The second-order valence-electron chi connectivity index (χ2n) is 19.7. The van der Waals surface area contributed by atoms with Gasteiger partial charge in [-0.1, -0.05) is 115 Å². The monoisotopic (exact) mass is 880 g/mol. The third-order valence-electron chi connectivity index (χ3n) is 11.2. The Morgan fingerprint density at radius 2 is 0.600 bits per heavy atom. The molecular weight excluding hydrogens is 805 g/mol. The molecule has 1 radical (unpaired) electrons. The van der Waals surface area contributed by atoms with Crippen molar-refractivity contribution in [1.29, 1.82) is 0 Å². The van der Waals surface area contributed by atoms with E-state index in [4.69, 9.17) is 0 Å². The molecule has 6 rings (SSSR count). The van der Waals surface area contributed by atoms with Crippen LogP contribution in [0.3, 0.4) is 0 Å². The third kappa shape index (κ3) is 13.9. The minimum atomic E-state index is -0.00410. The number of rotatable bonds is 6. The molecule has 0 saturated carbocycles. The molecule has 0 spiro atoms. The molecule has 0 unspecified atom stereocenters. The van der Waals surface area contributed by atoms with Crippen molar-refractivity contribution in [3.63, 3.8) is 0 Å². The van der Waals surface area contributed by atoms with Crippen LogP contribution < -0.4 is 0 Å². The zero-order chi connectivity index (χ0) is 40.0. The van der Waals surface area contributed by atoms with Crippen LogP contribution in [0.25, 0.3) is 0 Å². The van der Waals surface area contributed by atoms with Crippen LogP contribution in [-0.4, -0.2) is 69.3 Å². The minimum Gasteiger partial charge on any atom is -0.507 e. The van der Waals surface area contributed by atoms with E-state index in [0.717, 1.165) is 92.3 Å². The molecule has 0 amide bonds. The van der Waals surface area contributed by atoms with Crippen molar-refractivity contribution in [3.05, 3.63) is 86.5 Å². The largest absolute Gasteiger partial charge is 0.507 e. The second-order valence-corrected chi connectivity index (χ2v) is 19.7. The fourth-order valence-electron chi connectivity index (χ4n) is 8.18. The molecule has 3 saturated heterocycles. The number of hydrogen-bond donors (Lipinski definition) is 3. The zero-order valence-corrected chi connectivity index (χ0v) is 40.5. The van der Waals surface area contributed by atoms with Gasteiger partial charge in [0, 0.05) is 71.9 Å². The summed E-state index contributed by atoms with van der Waals surface area (Å²) in [5.74, 6) is 1.50. The van der Waals surface area contributed by atoms with Crippen LogP contribution in [-0.2, 0) is 35.9 Å². The maximum Gasteiger partial charge on any atom is 0.123 e. The number of phenols is 3. The van der Waals surface area contributed by atoms with E-state index in [1.807, 2.05) is 0 Å². The molecular formula is C48H75LaN3O3. The van der Waals surface area contributed by atoms with E-state index in [2.05, 4.69) is 134 Å². The standard InChI is InChI=1S/3C16H25NO.La/c3*1-12-9-13(11-17-7-5-6-8-17)15(18)14(10-12)16(2,3)4;/h3*9-10,18H,5-8,11H2,1-4H3;. The molecule has 3 aliphatic rings. The summed E-state index contributed by atoms with van der Waals surface area (Å²) >= 11 is 0. The predicted octanol–water partition coefficient (Wildman–Crippen LogP) is 10.8. The number of aryl methyl sites for hydroxylation is 3. The van der Waals surface area contributed by atoms with Crippen LogP contribution in [0, 0.1) is 56.4 Å². The average molecular weight is 881 g/mol. The quantitative estimate of drug-likeness (QED) is 0.229. The molecule has 6 nitrogen and oxygen atoms in total. The van der Waals surface area contributed by atoms with Crippen molar-refractivity contribution in [3.8, 4) is 17.2 Å². The Morgan fingerprint density at radius 1 is 0.400 bits per heavy atom. The summed E-state index contributed by atoms with van der Waals surface area (Å²) in [7, 11) is 0. The molecule has 3 N–H and O–H groups in total. The molecule has 3 aliphatic heterocycles. The van der Waals surface area contributed by atoms with Gasteiger partial charge in [0.15, 0.2) is 0 Å². The van der Waals surface area contributed by atoms with Gasteiger partial charge in [0.05, 0.1) is 0 Å². The van der Waals surface area contributed by atoms with E-state index in [1.165, 1.54) is 55.2 Å². The zero-order valence-electron chi connectivity index (χ0n) is 36.8. The molecule has 3 fully saturated rings. The van der Waals surface area contributed by atoms with Crippen LogP contribution in [0.4, 0.5) is 0 Å². The first kappa shape index (κ1) is 47.5. The fourth-order valence-corrected chi connectivity index (χ4v) is 8.18. The van der Waals surface area contributed by atoms with Crippen molar-refractivity contribution >= 4 is 0 Å². The van der Waals surface area contributed by atoms with Crippen molar-refractivity contribution in [2.45, 2.75) is 157 Å². The summed E-state index contributed by atoms with van der Waals surface area (Å²) in [6.45, 7) is 35.4. The van der Waals surface area contributed by atoms with Gasteiger partial charge in [-0.2, -0.15) is 0 Å². The molecule has 3 aromatic rings. The summed E-state index contributed by atoms with van der Waals surface area (Å²) in [6, 6.07) is 12.7. The molecule has 3 aromatic carbocycles. The summed E-state index contributed by atoms with van der Waals surface area (Å²) in [5, 5.41) is 31.4. The maximum atomic E-state index is 10.5. The van der Waals surface area contributed by atoms with Crippen LogP contribution >= 0.6 is 0 Å². The Kier molecular flexibility index (Phi) is 17.5. The van der Waals surface area contributed by atoms with E-state index in [1.54, 1.807) is 0 Å². The number of phenolic OH excluding ortho intramolecular Hbond substituents is 3. The number of hydrogen-bond acceptors (Lipinski definition) is 6. The predicted molar refractivity (Wildman–Crippen MR) is 228 cm³/mol. The average Bonchev–Trinajstić information content (AvgIpc) is 3.87. The van der Waals surface area contributed by atoms with Gasteiger partial charge in [0.2, 0.25) is 0 Å². The molecule has 55 heavy (non-hydrogen) atoms. The normalized spacial score (nSPS) is 17.0. The van der Waals surface area contributed by atoms with E-state index in [9.17, 15) is 15.3 Å². The molecule has 0 atom stereocenters. The Hall–Kier alpha value is -1.87. The third-order valence-corrected chi connectivity index (χ3v) is 11.2. The maximum absolute atomic E-state index is 10.5. The molecule has 0 bridgehead atoms. The van der Waals surface area contributed by atoms with E-state index >= 15 is 0 Å². The molecule has 303 valence electrons. The van der Waals surface area contributed by atoms with Crippen molar-refractivity contribution in [2.75, 3.05) is 39.3 Å². The van der Waals surface area contributed by atoms with Gasteiger partial charge in [-0.05, 0) is 132 Å². The van der Waals surface area contributed by atoms with Crippen molar-refractivity contribution in [2.24, 2.45) is 0 Å². The fraction of sp³-hybridized carbons (Fsp3) is 0.625. The summed E-state index contributed by atoms with van der Waals surface area (Å²) in [5.41, 5.74) is 10.2. The van der Waals surface area contributed by atoms with Gasteiger partial charge < -0.3 is 15.3 Å². The van der Waals surface area contributed by atoms with E-state index < -0.39 is 0 Å². The van der Waals surface area contributed by atoms with Crippen LogP contribution in [0.1, 0.15) is 151 Å². The first-order chi connectivity index (χ1) is 25.1. The number of aromatic hydroxyl groups is 3. The first-order valence-electron chi connectivity index (χ1n) is 20.8. The molecule has 0 aliphatic carbocycles. The van der Waals surface area contributed by atoms with Crippen LogP contribution in [0.2, 0.25) is 0 Å². The smallest absolute Gasteiger partial charge is 0.123 e. The number of nitrogens with zero attached hydrogens (tertiary/aromatic N) is 3. The van der Waals surface area contributed by atoms with Gasteiger partial charge in [-0.15, -0.1) is 0 Å². The molecule has 0 aromatic heterocycles. The Labute approximate surface area is 363 Å². The summed E-state index contributed by atoms with van der Waals surface area (Å²) in [6.07, 6.45) is 7.74. The van der Waals surface area contributed by atoms with Crippen molar-refractivity contribution in [1.82, 2.24) is 14.7 Å². The van der Waals surface area contributed by atoms with Gasteiger partial charge >= 0.3 is 0 Å². The van der Waals surface area contributed by atoms with Gasteiger partial charge in [-0.25, -0.2) is 0 Å².